The van der Waals surface area contributed by atoms with Crippen molar-refractivity contribution in [3.05, 3.63) is 47.1 Å². The van der Waals surface area contributed by atoms with Crippen LogP contribution in [0.3, 0.4) is 0 Å². The van der Waals surface area contributed by atoms with E-state index in [2.05, 4.69) is 14.2 Å². The highest BCUT2D eigenvalue weighted by Gasteiger charge is 2.15. The molecule has 6 heteroatoms. The van der Waals surface area contributed by atoms with E-state index in [1.807, 2.05) is 0 Å². The van der Waals surface area contributed by atoms with E-state index in [-0.39, 0.29) is 11.1 Å². The normalized spacial score (nSPS) is 13.0. The quantitative estimate of drug-likeness (QED) is 0.323. The Kier molecular flexibility index (Phi) is 8.94. The fourth-order valence-corrected chi connectivity index (χ4v) is 1.36. The molecule has 0 heterocycles. The van der Waals surface area contributed by atoms with E-state index < -0.39 is 17.9 Å². The number of rotatable bonds is 6. The molecule has 0 aliphatic heterocycles. The van der Waals surface area contributed by atoms with E-state index in [1.165, 1.54) is 34.3 Å². The number of hydrogen-bond donors (Lipinski definition) is 0. The molecule has 0 aromatic heterocycles. The highest BCUT2D eigenvalue weighted by atomic mass is 16.5. The van der Waals surface area contributed by atoms with E-state index in [9.17, 15) is 14.4 Å². The van der Waals surface area contributed by atoms with Gasteiger partial charge in [0.05, 0.1) is 26.9 Å². The maximum absolute atomic E-state index is 11.6. The van der Waals surface area contributed by atoms with Crippen molar-refractivity contribution in [2.24, 2.45) is 0 Å². The third kappa shape index (κ3) is 6.21. The predicted molar refractivity (Wildman–Crippen MR) is 80.8 cm³/mol. The van der Waals surface area contributed by atoms with Crippen molar-refractivity contribution >= 4 is 17.9 Å². The molecule has 0 aromatic carbocycles. The maximum atomic E-state index is 11.6. The molecule has 0 aliphatic carbocycles. The van der Waals surface area contributed by atoms with Crippen LogP contribution in [0.2, 0.25) is 0 Å². The number of allylic oxidation sites excluding steroid dienone is 4. The van der Waals surface area contributed by atoms with Gasteiger partial charge in [0.25, 0.3) is 0 Å². The van der Waals surface area contributed by atoms with Gasteiger partial charge in [0.2, 0.25) is 0 Å². The maximum Gasteiger partial charge on any atom is 0.338 e. The molecule has 0 saturated carbocycles. The van der Waals surface area contributed by atoms with Gasteiger partial charge in [-0.2, -0.15) is 0 Å². The predicted octanol–water partition coefficient (Wildman–Crippen LogP) is 1.88. The van der Waals surface area contributed by atoms with Crippen LogP contribution in [-0.2, 0) is 28.6 Å². The molecule has 0 amide bonds. The molecule has 0 aliphatic rings. The van der Waals surface area contributed by atoms with Crippen molar-refractivity contribution in [3.8, 4) is 0 Å². The number of ether oxygens (including phenoxy) is 3. The third-order valence-corrected chi connectivity index (χ3v) is 2.64. The minimum Gasteiger partial charge on any atom is -0.466 e. The minimum atomic E-state index is -0.645. The standard InChI is InChI=1S/C16H20O6/c1-11(14(17)20-3)9-7-6-8-10-13(16(19)22-5)12(2)15(18)21-4/h6-10H,1-5H3/b7-6+,10-8+,11-9+,13-12-. The summed E-state index contributed by atoms with van der Waals surface area (Å²) in [6, 6.07) is 0. The van der Waals surface area contributed by atoms with E-state index in [0.717, 1.165) is 0 Å². The summed E-state index contributed by atoms with van der Waals surface area (Å²) < 4.78 is 13.7. The smallest absolute Gasteiger partial charge is 0.338 e. The van der Waals surface area contributed by atoms with Crippen molar-refractivity contribution in [2.45, 2.75) is 13.8 Å². The van der Waals surface area contributed by atoms with Crippen LogP contribution in [0.25, 0.3) is 0 Å². The van der Waals surface area contributed by atoms with E-state index in [0.29, 0.717) is 5.57 Å². The van der Waals surface area contributed by atoms with Gasteiger partial charge < -0.3 is 14.2 Å². The first-order chi connectivity index (χ1) is 10.4. The van der Waals surface area contributed by atoms with Crippen molar-refractivity contribution < 1.29 is 28.6 Å². The van der Waals surface area contributed by atoms with Crippen molar-refractivity contribution in [1.29, 1.82) is 0 Å². The van der Waals surface area contributed by atoms with Crippen LogP contribution in [0.15, 0.2) is 47.1 Å². The zero-order chi connectivity index (χ0) is 17.1. The molecule has 0 bridgehead atoms. The Balaban J connectivity index is 5.16. The SMILES string of the molecule is COC(=O)/C(C)=C(/C=C/C=C/C=C(\C)C(=O)OC)C(=O)OC. The van der Waals surface area contributed by atoms with Crippen LogP contribution in [0.4, 0.5) is 0 Å². The number of methoxy groups -OCH3 is 3. The number of esters is 3. The Bertz CT molecular complexity index is 549. The Morgan fingerprint density at radius 2 is 1.27 bits per heavy atom. The molecule has 0 atom stereocenters. The summed E-state index contributed by atoms with van der Waals surface area (Å²) in [6.45, 7) is 3.08. The van der Waals surface area contributed by atoms with Gasteiger partial charge in [0.1, 0.15) is 0 Å². The highest BCUT2D eigenvalue weighted by Crippen LogP contribution is 2.10. The number of carbonyl (C=O) groups excluding carboxylic acids is 3. The first-order valence-corrected chi connectivity index (χ1v) is 6.36. The molecule has 0 N–H and O–H groups in total. The average molecular weight is 308 g/mol. The number of carbonyl (C=O) groups is 3. The largest absolute Gasteiger partial charge is 0.466 e. The van der Waals surface area contributed by atoms with Gasteiger partial charge in [-0.05, 0) is 19.9 Å². The fourth-order valence-electron chi connectivity index (χ4n) is 1.36. The van der Waals surface area contributed by atoms with E-state index >= 15 is 0 Å². The Labute approximate surface area is 129 Å². The summed E-state index contributed by atoms with van der Waals surface area (Å²) in [5.41, 5.74) is 0.662. The molecule has 0 saturated heterocycles. The molecular formula is C16H20O6. The van der Waals surface area contributed by atoms with Crippen molar-refractivity contribution in [3.63, 3.8) is 0 Å². The molecule has 0 spiro atoms. The van der Waals surface area contributed by atoms with Crippen LogP contribution >= 0.6 is 0 Å². The summed E-state index contributed by atoms with van der Waals surface area (Å²) in [7, 11) is 3.75. The minimum absolute atomic E-state index is 0.0904. The van der Waals surface area contributed by atoms with Gasteiger partial charge in [-0.15, -0.1) is 0 Å². The zero-order valence-corrected chi connectivity index (χ0v) is 13.3. The van der Waals surface area contributed by atoms with E-state index in [4.69, 9.17) is 0 Å². The zero-order valence-electron chi connectivity index (χ0n) is 13.3. The Morgan fingerprint density at radius 3 is 1.77 bits per heavy atom. The van der Waals surface area contributed by atoms with Crippen LogP contribution in [0.1, 0.15) is 13.8 Å². The van der Waals surface area contributed by atoms with Gasteiger partial charge in [0, 0.05) is 11.1 Å². The summed E-state index contributed by atoms with van der Waals surface area (Å²) in [5.74, 6) is -1.69. The Morgan fingerprint density at radius 1 is 0.727 bits per heavy atom. The summed E-state index contributed by atoms with van der Waals surface area (Å²) in [5, 5.41) is 0. The molecule has 6 nitrogen and oxygen atoms in total. The highest BCUT2D eigenvalue weighted by molar-refractivity contribution is 6.02. The van der Waals surface area contributed by atoms with Crippen LogP contribution in [-0.4, -0.2) is 39.2 Å². The Hall–Kier alpha value is -2.63. The summed E-state index contributed by atoms with van der Waals surface area (Å²) >= 11 is 0. The van der Waals surface area contributed by atoms with Crippen molar-refractivity contribution in [1.82, 2.24) is 0 Å². The lowest BCUT2D eigenvalue weighted by Gasteiger charge is -2.04. The summed E-state index contributed by atoms with van der Waals surface area (Å²) in [6.07, 6.45) is 7.73. The first kappa shape index (κ1) is 19.4. The second-order valence-corrected chi connectivity index (χ2v) is 4.11. The molecule has 0 radical (unpaired) electrons. The van der Waals surface area contributed by atoms with Gasteiger partial charge in [-0.1, -0.05) is 24.3 Å². The van der Waals surface area contributed by atoms with Crippen LogP contribution in [0.5, 0.6) is 0 Å². The molecule has 0 aromatic rings. The van der Waals surface area contributed by atoms with Gasteiger partial charge in [-0.3, -0.25) is 0 Å². The van der Waals surface area contributed by atoms with Crippen molar-refractivity contribution in [2.75, 3.05) is 21.3 Å². The summed E-state index contributed by atoms with van der Waals surface area (Å²) in [4.78, 5) is 34.2. The first-order valence-electron chi connectivity index (χ1n) is 6.36. The number of hydrogen-bond acceptors (Lipinski definition) is 6. The molecule has 0 unspecified atom stereocenters. The second-order valence-electron chi connectivity index (χ2n) is 4.11. The van der Waals surface area contributed by atoms with E-state index in [1.54, 1.807) is 31.2 Å². The lowest BCUT2D eigenvalue weighted by molar-refractivity contribution is -0.139. The lowest BCUT2D eigenvalue weighted by atomic mass is 10.1. The second kappa shape index (κ2) is 10.1. The average Bonchev–Trinajstić information content (AvgIpc) is 2.54. The third-order valence-electron chi connectivity index (χ3n) is 2.64. The van der Waals surface area contributed by atoms with Crippen LogP contribution < -0.4 is 0 Å². The molecule has 22 heavy (non-hydrogen) atoms. The van der Waals surface area contributed by atoms with Gasteiger partial charge in [0.15, 0.2) is 0 Å². The molecule has 0 rings (SSSR count). The van der Waals surface area contributed by atoms with Crippen LogP contribution in [0, 0.1) is 0 Å². The van der Waals surface area contributed by atoms with Gasteiger partial charge >= 0.3 is 17.9 Å². The van der Waals surface area contributed by atoms with Gasteiger partial charge in [-0.25, -0.2) is 14.4 Å². The molecule has 120 valence electrons. The topological polar surface area (TPSA) is 78.9 Å². The lowest BCUT2D eigenvalue weighted by Crippen LogP contribution is -2.11. The molecular weight excluding hydrogens is 288 g/mol. The molecule has 0 fully saturated rings. The fraction of sp³-hybridized carbons (Fsp3) is 0.312. The monoisotopic (exact) mass is 308 g/mol.